The van der Waals surface area contributed by atoms with Gasteiger partial charge in [0.15, 0.2) is 0 Å². The van der Waals surface area contributed by atoms with E-state index >= 15 is 0 Å². The summed E-state index contributed by atoms with van der Waals surface area (Å²) >= 11 is 5.28. The molecule has 5 heteroatoms. The summed E-state index contributed by atoms with van der Waals surface area (Å²) in [5.41, 5.74) is 9.47. The van der Waals surface area contributed by atoms with Crippen LogP contribution < -0.4 is 10.6 Å². The van der Waals surface area contributed by atoms with E-state index in [1.54, 1.807) is 0 Å². The summed E-state index contributed by atoms with van der Waals surface area (Å²) in [5.74, 6) is 0.971. The molecule has 3 rings (SSSR count). The molecule has 1 atom stereocenters. The molecule has 1 aromatic rings. The summed E-state index contributed by atoms with van der Waals surface area (Å²) in [4.78, 5) is 7.75. The number of pyridine rings is 1. The van der Waals surface area contributed by atoms with Gasteiger partial charge in [-0.05, 0) is 43.7 Å². The summed E-state index contributed by atoms with van der Waals surface area (Å²) in [6.07, 6.45) is 5.67. The Kier molecular flexibility index (Phi) is 4.40. The molecule has 1 aliphatic carbocycles. The highest BCUT2D eigenvalue weighted by Crippen LogP contribution is 2.29. The van der Waals surface area contributed by atoms with Crippen LogP contribution in [-0.4, -0.2) is 35.8 Å². The quantitative estimate of drug-likeness (QED) is 0.868. The van der Waals surface area contributed by atoms with Crippen LogP contribution in [0.5, 0.6) is 0 Å². The second-order valence-electron chi connectivity index (χ2n) is 5.87. The maximum absolute atomic E-state index is 5.97. The lowest BCUT2D eigenvalue weighted by molar-refractivity contribution is 0.0925. The third-order valence-electron chi connectivity index (χ3n) is 4.52. The largest absolute Gasteiger partial charge is 0.389 e. The number of rotatable bonds is 3. The van der Waals surface area contributed by atoms with Gasteiger partial charge in [0.25, 0.3) is 0 Å². The van der Waals surface area contributed by atoms with Crippen LogP contribution in [0.3, 0.4) is 0 Å². The van der Waals surface area contributed by atoms with Gasteiger partial charge in [0.2, 0.25) is 0 Å². The van der Waals surface area contributed by atoms with Crippen molar-refractivity contribution in [2.75, 3.05) is 24.7 Å². The van der Waals surface area contributed by atoms with Crippen molar-refractivity contribution in [3.8, 4) is 0 Å². The van der Waals surface area contributed by atoms with Crippen LogP contribution in [0.2, 0.25) is 0 Å². The van der Waals surface area contributed by atoms with Crippen molar-refractivity contribution in [3.05, 3.63) is 22.9 Å². The second kappa shape index (κ2) is 6.28. The molecule has 0 aromatic carbocycles. The molecule has 2 aliphatic rings. The minimum absolute atomic E-state index is 0.362. The fourth-order valence-corrected chi connectivity index (χ4v) is 3.45. The van der Waals surface area contributed by atoms with Crippen LogP contribution in [0.1, 0.15) is 43.0 Å². The first-order chi connectivity index (χ1) is 10.2. The smallest absolute Gasteiger partial charge is 0.139 e. The molecule has 2 N–H and O–H groups in total. The molecule has 1 fully saturated rings. The third-order valence-corrected chi connectivity index (χ3v) is 4.74. The number of anilines is 1. The zero-order chi connectivity index (χ0) is 14.8. The molecule has 21 heavy (non-hydrogen) atoms. The highest BCUT2D eigenvalue weighted by molar-refractivity contribution is 7.80. The van der Waals surface area contributed by atoms with E-state index in [1.807, 2.05) is 0 Å². The van der Waals surface area contributed by atoms with E-state index in [9.17, 15) is 0 Å². The highest BCUT2D eigenvalue weighted by atomic mass is 32.1. The average molecular weight is 305 g/mol. The van der Waals surface area contributed by atoms with E-state index < -0.39 is 0 Å². The van der Waals surface area contributed by atoms with Crippen LogP contribution in [0, 0.1) is 0 Å². The van der Waals surface area contributed by atoms with Crippen LogP contribution in [0.15, 0.2) is 6.07 Å². The Balaban J connectivity index is 2.04. The van der Waals surface area contributed by atoms with Gasteiger partial charge in [-0.15, -0.1) is 0 Å². The van der Waals surface area contributed by atoms with Crippen molar-refractivity contribution >= 4 is 23.0 Å². The Labute approximate surface area is 131 Å². The van der Waals surface area contributed by atoms with Crippen LogP contribution >= 0.6 is 12.2 Å². The van der Waals surface area contributed by atoms with E-state index in [1.165, 1.54) is 24.1 Å². The number of hydrogen-bond donors (Lipinski definition) is 1. The van der Waals surface area contributed by atoms with Gasteiger partial charge in [-0.25, -0.2) is 4.98 Å². The number of thiocarbonyl (C=S) groups is 1. The van der Waals surface area contributed by atoms with Gasteiger partial charge < -0.3 is 15.4 Å². The molecule has 1 unspecified atom stereocenters. The van der Waals surface area contributed by atoms with E-state index in [2.05, 4.69) is 17.9 Å². The molecule has 0 spiro atoms. The molecule has 0 radical (unpaired) electrons. The van der Waals surface area contributed by atoms with E-state index in [0.717, 1.165) is 50.4 Å². The topological polar surface area (TPSA) is 51.4 Å². The molecule has 114 valence electrons. The maximum atomic E-state index is 5.97. The standard InChI is InChI=1S/C16H23N3OS/c1-2-12-10-20-8-7-19(12)16-13(15(17)21)9-11-5-3-4-6-14(11)18-16/h9,12H,2-8,10H2,1H3,(H2,17,21). The fourth-order valence-electron chi connectivity index (χ4n) is 3.29. The first kappa shape index (κ1) is 14.7. The maximum Gasteiger partial charge on any atom is 0.139 e. The number of aromatic nitrogens is 1. The highest BCUT2D eigenvalue weighted by Gasteiger charge is 2.27. The van der Waals surface area contributed by atoms with Gasteiger partial charge >= 0.3 is 0 Å². The van der Waals surface area contributed by atoms with Crippen LogP contribution in [0.25, 0.3) is 0 Å². The number of ether oxygens (including phenoxy) is 1. The van der Waals surface area contributed by atoms with Gasteiger partial charge in [0.1, 0.15) is 10.8 Å². The molecular formula is C16H23N3OS. The first-order valence-corrected chi connectivity index (χ1v) is 8.28. The predicted octanol–water partition coefficient (Wildman–Crippen LogP) is 2.21. The van der Waals surface area contributed by atoms with Gasteiger partial charge in [0, 0.05) is 12.2 Å². The summed E-state index contributed by atoms with van der Waals surface area (Å²) in [7, 11) is 0. The van der Waals surface area contributed by atoms with Crippen molar-refractivity contribution in [1.82, 2.24) is 4.98 Å². The number of fused-ring (bicyclic) bond motifs is 1. The van der Waals surface area contributed by atoms with E-state index in [-0.39, 0.29) is 0 Å². The number of hydrogen-bond acceptors (Lipinski definition) is 4. The summed E-state index contributed by atoms with van der Waals surface area (Å²) in [5, 5.41) is 0. The van der Waals surface area contributed by atoms with E-state index in [4.69, 9.17) is 27.7 Å². The fraction of sp³-hybridized carbons (Fsp3) is 0.625. The molecule has 0 bridgehead atoms. The zero-order valence-corrected chi connectivity index (χ0v) is 13.4. The Bertz CT molecular complexity index is 547. The minimum atomic E-state index is 0.362. The predicted molar refractivity (Wildman–Crippen MR) is 89.0 cm³/mol. The van der Waals surface area contributed by atoms with Crippen molar-refractivity contribution < 1.29 is 4.74 Å². The number of nitrogens with two attached hydrogens (primary N) is 1. The summed E-state index contributed by atoms with van der Waals surface area (Å²) in [6.45, 7) is 4.54. The number of aryl methyl sites for hydroxylation is 2. The molecule has 1 saturated heterocycles. The van der Waals surface area contributed by atoms with Gasteiger partial charge in [0.05, 0.1) is 24.8 Å². The lowest BCUT2D eigenvalue weighted by atomic mass is 9.94. The summed E-state index contributed by atoms with van der Waals surface area (Å²) < 4.78 is 5.60. The molecule has 4 nitrogen and oxygen atoms in total. The second-order valence-corrected chi connectivity index (χ2v) is 6.31. The lowest BCUT2D eigenvalue weighted by Crippen LogP contribution is -2.46. The summed E-state index contributed by atoms with van der Waals surface area (Å²) in [6, 6.07) is 2.54. The van der Waals surface area contributed by atoms with Gasteiger partial charge in [-0.1, -0.05) is 19.1 Å². The third kappa shape index (κ3) is 2.90. The molecule has 2 heterocycles. The van der Waals surface area contributed by atoms with Crippen LogP contribution in [-0.2, 0) is 17.6 Å². The number of morpholine rings is 1. The molecule has 0 amide bonds. The Morgan fingerprint density at radius 3 is 3.05 bits per heavy atom. The Morgan fingerprint density at radius 1 is 1.48 bits per heavy atom. The first-order valence-electron chi connectivity index (χ1n) is 7.87. The Hall–Kier alpha value is -1.20. The minimum Gasteiger partial charge on any atom is -0.389 e. The van der Waals surface area contributed by atoms with Crippen LogP contribution in [0.4, 0.5) is 5.82 Å². The number of nitrogens with zero attached hydrogens (tertiary/aromatic N) is 2. The lowest BCUT2D eigenvalue weighted by Gasteiger charge is -2.37. The van der Waals surface area contributed by atoms with Gasteiger partial charge in [-0.2, -0.15) is 0 Å². The van der Waals surface area contributed by atoms with Crippen molar-refractivity contribution in [2.45, 2.75) is 45.1 Å². The molecule has 1 aliphatic heterocycles. The molecule has 0 saturated carbocycles. The monoisotopic (exact) mass is 305 g/mol. The van der Waals surface area contributed by atoms with Crippen molar-refractivity contribution in [1.29, 1.82) is 0 Å². The average Bonchev–Trinajstić information content (AvgIpc) is 2.53. The zero-order valence-electron chi connectivity index (χ0n) is 12.6. The van der Waals surface area contributed by atoms with Crippen molar-refractivity contribution in [2.24, 2.45) is 5.73 Å². The van der Waals surface area contributed by atoms with Crippen molar-refractivity contribution in [3.63, 3.8) is 0 Å². The Morgan fingerprint density at radius 2 is 2.29 bits per heavy atom. The van der Waals surface area contributed by atoms with Gasteiger partial charge in [-0.3, -0.25) is 0 Å². The normalized spacial score (nSPS) is 22.0. The van der Waals surface area contributed by atoms with E-state index in [0.29, 0.717) is 11.0 Å². The molecule has 1 aromatic heterocycles. The SMILES string of the molecule is CCC1COCCN1c1nc2c(cc1C(N)=S)CCCC2. The molecular weight excluding hydrogens is 282 g/mol.